The van der Waals surface area contributed by atoms with Crippen LogP contribution in [0.4, 0.5) is 0 Å². The summed E-state index contributed by atoms with van der Waals surface area (Å²) in [5, 5.41) is 3.25. The Hall–Kier alpha value is -1.22. The molecule has 0 aromatic heterocycles. The smallest absolute Gasteiger partial charge is 0.252 e. The van der Waals surface area contributed by atoms with Gasteiger partial charge in [-0.25, -0.2) is 0 Å². The lowest BCUT2D eigenvalue weighted by Gasteiger charge is -2.04. The SMILES string of the molecule is COc1cc2c(cc1Cl)CNC2=O. The van der Waals surface area contributed by atoms with Gasteiger partial charge in [-0.3, -0.25) is 4.79 Å². The highest BCUT2D eigenvalue weighted by Gasteiger charge is 2.20. The van der Waals surface area contributed by atoms with Crippen LogP contribution in [0.1, 0.15) is 15.9 Å². The molecule has 2 rings (SSSR count). The van der Waals surface area contributed by atoms with E-state index in [0.717, 1.165) is 5.56 Å². The molecule has 0 radical (unpaired) electrons. The molecule has 0 bridgehead atoms. The molecule has 1 aliphatic rings. The Morgan fingerprint density at radius 3 is 3.00 bits per heavy atom. The molecule has 68 valence electrons. The lowest BCUT2D eigenvalue weighted by molar-refractivity contribution is 0.0965. The summed E-state index contributed by atoms with van der Waals surface area (Å²) in [6.07, 6.45) is 0. The number of hydrogen-bond acceptors (Lipinski definition) is 2. The molecule has 4 heteroatoms. The molecule has 3 nitrogen and oxygen atoms in total. The van der Waals surface area contributed by atoms with E-state index in [4.69, 9.17) is 16.3 Å². The van der Waals surface area contributed by atoms with Gasteiger partial charge < -0.3 is 10.1 Å². The maximum absolute atomic E-state index is 11.2. The molecule has 1 aromatic carbocycles. The van der Waals surface area contributed by atoms with E-state index in [0.29, 0.717) is 22.9 Å². The third-order valence-electron chi connectivity index (χ3n) is 2.06. The number of carbonyl (C=O) groups excluding carboxylic acids is 1. The number of benzene rings is 1. The Bertz CT molecular complexity index is 376. The van der Waals surface area contributed by atoms with E-state index in [2.05, 4.69) is 5.32 Å². The fourth-order valence-electron chi connectivity index (χ4n) is 1.38. The zero-order valence-electron chi connectivity index (χ0n) is 7.06. The van der Waals surface area contributed by atoms with E-state index in [1.165, 1.54) is 7.11 Å². The van der Waals surface area contributed by atoms with E-state index < -0.39 is 0 Å². The van der Waals surface area contributed by atoms with Crippen LogP contribution in [0.3, 0.4) is 0 Å². The highest BCUT2D eigenvalue weighted by atomic mass is 35.5. The normalized spacial score (nSPS) is 13.8. The average molecular weight is 198 g/mol. The summed E-state index contributed by atoms with van der Waals surface area (Å²) in [7, 11) is 1.53. The standard InChI is InChI=1S/C9H8ClNO2/c1-13-8-3-6-5(2-7(8)10)4-11-9(6)12/h2-3H,4H2,1H3,(H,11,12). The summed E-state index contributed by atoms with van der Waals surface area (Å²) in [5.74, 6) is 0.474. The summed E-state index contributed by atoms with van der Waals surface area (Å²) in [4.78, 5) is 11.2. The molecule has 0 aliphatic carbocycles. The lowest BCUT2D eigenvalue weighted by atomic mass is 10.1. The number of halogens is 1. The number of amides is 1. The molecular formula is C9H8ClNO2. The summed E-state index contributed by atoms with van der Waals surface area (Å²) < 4.78 is 5.01. The molecule has 0 unspecified atom stereocenters. The van der Waals surface area contributed by atoms with Gasteiger partial charge in [-0.05, 0) is 17.7 Å². The lowest BCUT2D eigenvalue weighted by Crippen LogP contribution is -2.12. The van der Waals surface area contributed by atoms with Crippen LogP contribution in [0.25, 0.3) is 0 Å². The van der Waals surface area contributed by atoms with Crippen LogP contribution >= 0.6 is 11.6 Å². The number of nitrogens with one attached hydrogen (secondary N) is 1. The van der Waals surface area contributed by atoms with Crippen molar-refractivity contribution in [2.45, 2.75) is 6.54 Å². The monoisotopic (exact) mass is 197 g/mol. The second kappa shape index (κ2) is 2.92. The summed E-state index contributed by atoms with van der Waals surface area (Å²) in [6, 6.07) is 3.42. The number of rotatable bonds is 1. The molecule has 0 saturated carbocycles. The Morgan fingerprint density at radius 2 is 2.31 bits per heavy atom. The summed E-state index contributed by atoms with van der Waals surface area (Å²) in [6.45, 7) is 0.553. The fourth-order valence-corrected chi connectivity index (χ4v) is 1.64. The molecule has 1 aromatic rings. The highest BCUT2D eigenvalue weighted by Crippen LogP contribution is 2.29. The van der Waals surface area contributed by atoms with Gasteiger partial charge in [0.2, 0.25) is 0 Å². The number of fused-ring (bicyclic) bond motifs is 1. The molecule has 1 N–H and O–H groups in total. The number of ether oxygens (including phenoxy) is 1. The van der Waals surface area contributed by atoms with Crippen molar-refractivity contribution >= 4 is 17.5 Å². The van der Waals surface area contributed by atoms with Crippen molar-refractivity contribution in [3.63, 3.8) is 0 Å². The van der Waals surface area contributed by atoms with Crippen LogP contribution in [0.15, 0.2) is 12.1 Å². The first-order chi connectivity index (χ1) is 6.22. The Morgan fingerprint density at radius 1 is 1.54 bits per heavy atom. The fraction of sp³-hybridized carbons (Fsp3) is 0.222. The average Bonchev–Trinajstić information content (AvgIpc) is 2.46. The maximum Gasteiger partial charge on any atom is 0.252 e. The van der Waals surface area contributed by atoms with E-state index in [1.807, 2.05) is 0 Å². The number of methoxy groups -OCH3 is 1. The van der Waals surface area contributed by atoms with Crippen LogP contribution in [0.5, 0.6) is 5.75 Å². The molecule has 0 saturated heterocycles. The van der Waals surface area contributed by atoms with Gasteiger partial charge in [0.15, 0.2) is 0 Å². The minimum Gasteiger partial charge on any atom is -0.495 e. The highest BCUT2D eigenvalue weighted by molar-refractivity contribution is 6.32. The van der Waals surface area contributed by atoms with Gasteiger partial charge in [0, 0.05) is 12.1 Å². The molecule has 1 amide bonds. The third kappa shape index (κ3) is 1.25. The van der Waals surface area contributed by atoms with Gasteiger partial charge in [-0.15, -0.1) is 0 Å². The number of carbonyl (C=O) groups is 1. The van der Waals surface area contributed by atoms with Gasteiger partial charge in [-0.1, -0.05) is 11.6 Å². The van der Waals surface area contributed by atoms with Crippen LogP contribution in [-0.4, -0.2) is 13.0 Å². The third-order valence-corrected chi connectivity index (χ3v) is 2.36. The molecule has 1 aliphatic heterocycles. The minimum absolute atomic E-state index is 0.0648. The van der Waals surface area contributed by atoms with Crippen molar-refractivity contribution in [3.8, 4) is 5.75 Å². The Labute approximate surface area is 80.6 Å². The van der Waals surface area contributed by atoms with Crippen LogP contribution < -0.4 is 10.1 Å². The summed E-state index contributed by atoms with van der Waals surface area (Å²) in [5.41, 5.74) is 1.58. The molecular weight excluding hydrogens is 190 g/mol. The van der Waals surface area contributed by atoms with Crippen molar-refractivity contribution in [2.75, 3.05) is 7.11 Å². The molecule has 0 atom stereocenters. The van der Waals surface area contributed by atoms with Gasteiger partial charge in [0.05, 0.1) is 12.1 Å². The van der Waals surface area contributed by atoms with Crippen molar-refractivity contribution in [2.24, 2.45) is 0 Å². The zero-order chi connectivity index (χ0) is 9.42. The van der Waals surface area contributed by atoms with E-state index in [1.54, 1.807) is 12.1 Å². The van der Waals surface area contributed by atoms with Crippen molar-refractivity contribution in [1.29, 1.82) is 0 Å². The van der Waals surface area contributed by atoms with E-state index in [-0.39, 0.29) is 5.91 Å². The minimum atomic E-state index is -0.0648. The van der Waals surface area contributed by atoms with Gasteiger partial charge >= 0.3 is 0 Å². The Kier molecular flexibility index (Phi) is 1.88. The summed E-state index contributed by atoms with van der Waals surface area (Å²) >= 11 is 5.89. The van der Waals surface area contributed by atoms with Gasteiger partial charge in [-0.2, -0.15) is 0 Å². The van der Waals surface area contributed by atoms with E-state index in [9.17, 15) is 4.79 Å². The van der Waals surface area contributed by atoms with Crippen LogP contribution in [0.2, 0.25) is 5.02 Å². The molecule has 1 heterocycles. The molecule has 0 spiro atoms. The Balaban J connectivity index is 2.57. The van der Waals surface area contributed by atoms with Crippen molar-refractivity contribution in [3.05, 3.63) is 28.3 Å². The van der Waals surface area contributed by atoms with Crippen LogP contribution in [-0.2, 0) is 6.54 Å². The van der Waals surface area contributed by atoms with E-state index >= 15 is 0 Å². The largest absolute Gasteiger partial charge is 0.495 e. The molecule has 13 heavy (non-hydrogen) atoms. The second-order valence-electron chi connectivity index (χ2n) is 2.83. The first-order valence-electron chi connectivity index (χ1n) is 3.87. The molecule has 0 fully saturated rings. The van der Waals surface area contributed by atoms with Gasteiger partial charge in [0.1, 0.15) is 5.75 Å². The predicted molar refractivity (Wildman–Crippen MR) is 49.2 cm³/mol. The second-order valence-corrected chi connectivity index (χ2v) is 3.23. The predicted octanol–water partition coefficient (Wildman–Crippen LogP) is 1.59. The topological polar surface area (TPSA) is 38.3 Å². The number of hydrogen-bond donors (Lipinski definition) is 1. The van der Waals surface area contributed by atoms with Gasteiger partial charge in [0.25, 0.3) is 5.91 Å². The van der Waals surface area contributed by atoms with Crippen molar-refractivity contribution in [1.82, 2.24) is 5.32 Å². The first-order valence-corrected chi connectivity index (χ1v) is 4.25. The van der Waals surface area contributed by atoms with Crippen molar-refractivity contribution < 1.29 is 9.53 Å². The van der Waals surface area contributed by atoms with Crippen LogP contribution in [0, 0.1) is 0 Å². The first kappa shape index (κ1) is 8.38. The zero-order valence-corrected chi connectivity index (χ0v) is 7.81. The quantitative estimate of drug-likeness (QED) is 0.743. The maximum atomic E-state index is 11.2.